The number of ether oxygens (including phenoxy) is 1. The minimum Gasteiger partial charge on any atom is -0.489 e. The molecule has 0 bridgehead atoms. The Balaban J connectivity index is 1.53. The van der Waals surface area contributed by atoms with E-state index in [0.29, 0.717) is 28.6 Å². The molecule has 218 valence electrons. The smallest absolute Gasteiger partial charge is 0.244 e. The van der Waals surface area contributed by atoms with Crippen LogP contribution in [-0.2, 0) is 32.8 Å². The SMILES string of the molecule is C[C@@H](C(=O)NC1CCCC1)N(Cc1ccccc1Cl)C(=O)CN(c1ccc(OCc2ccccc2)cc1)S(C)(=O)=O. The van der Waals surface area contributed by atoms with Crippen molar-refractivity contribution < 1.29 is 22.7 Å². The number of benzene rings is 3. The lowest BCUT2D eigenvalue weighted by atomic mass is 10.1. The van der Waals surface area contributed by atoms with Gasteiger partial charge in [0.25, 0.3) is 0 Å². The number of nitrogens with zero attached hydrogens (tertiary/aromatic N) is 2. The second-order valence-electron chi connectivity index (χ2n) is 10.3. The van der Waals surface area contributed by atoms with Crippen molar-refractivity contribution >= 4 is 39.1 Å². The molecule has 0 saturated heterocycles. The lowest BCUT2D eigenvalue weighted by Gasteiger charge is -2.32. The summed E-state index contributed by atoms with van der Waals surface area (Å²) in [6.45, 7) is 1.60. The number of halogens is 1. The van der Waals surface area contributed by atoms with Crippen LogP contribution in [0, 0.1) is 0 Å². The van der Waals surface area contributed by atoms with Crippen LogP contribution >= 0.6 is 11.6 Å². The molecule has 10 heteroatoms. The van der Waals surface area contributed by atoms with Gasteiger partial charge < -0.3 is 15.0 Å². The van der Waals surface area contributed by atoms with E-state index in [-0.39, 0.29) is 18.5 Å². The van der Waals surface area contributed by atoms with Crippen LogP contribution in [0.4, 0.5) is 5.69 Å². The third kappa shape index (κ3) is 8.47. The molecule has 1 aliphatic rings. The van der Waals surface area contributed by atoms with Crippen molar-refractivity contribution in [3.05, 3.63) is 95.0 Å². The number of rotatable bonds is 12. The Kier molecular flexibility index (Phi) is 10.3. The highest BCUT2D eigenvalue weighted by Gasteiger charge is 2.31. The Bertz CT molecular complexity index is 1430. The highest BCUT2D eigenvalue weighted by Crippen LogP contribution is 2.24. The molecule has 3 aromatic carbocycles. The standard InChI is InChI=1S/C31H36ClN3O5S/c1-23(31(37)33-26-13-7-8-14-26)34(20-25-12-6-9-15-29(25)32)30(36)21-35(41(2,38)39)27-16-18-28(19-17-27)40-22-24-10-4-3-5-11-24/h3-6,9-12,15-19,23,26H,7-8,13-14,20-22H2,1-2H3,(H,33,37)/t23-/m0/s1. The van der Waals surface area contributed by atoms with Gasteiger partial charge in [0.1, 0.15) is 24.9 Å². The molecule has 4 rings (SSSR count). The Morgan fingerprint density at radius 2 is 1.61 bits per heavy atom. The van der Waals surface area contributed by atoms with Crippen LogP contribution in [-0.4, -0.2) is 50.0 Å². The first-order valence-corrected chi connectivity index (χ1v) is 15.9. The number of carbonyl (C=O) groups is 2. The van der Waals surface area contributed by atoms with E-state index in [1.165, 1.54) is 4.90 Å². The molecule has 1 fully saturated rings. The van der Waals surface area contributed by atoms with Gasteiger partial charge in [-0.2, -0.15) is 0 Å². The van der Waals surface area contributed by atoms with E-state index in [1.54, 1.807) is 55.5 Å². The van der Waals surface area contributed by atoms with Crippen molar-refractivity contribution in [2.45, 2.75) is 57.8 Å². The Labute approximate surface area is 247 Å². The Morgan fingerprint density at radius 3 is 2.24 bits per heavy atom. The Morgan fingerprint density at radius 1 is 0.976 bits per heavy atom. The summed E-state index contributed by atoms with van der Waals surface area (Å²) in [4.78, 5) is 28.4. The first-order chi connectivity index (χ1) is 19.6. The second kappa shape index (κ2) is 13.9. The van der Waals surface area contributed by atoms with Crippen molar-refractivity contribution in [3.8, 4) is 5.75 Å². The van der Waals surface area contributed by atoms with Gasteiger partial charge in [0.15, 0.2) is 0 Å². The predicted molar refractivity (Wildman–Crippen MR) is 161 cm³/mol. The van der Waals surface area contributed by atoms with Crippen molar-refractivity contribution in [1.29, 1.82) is 0 Å². The third-order valence-corrected chi connectivity index (χ3v) is 8.73. The number of anilines is 1. The average molecular weight is 598 g/mol. The molecule has 1 aliphatic carbocycles. The monoisotopic (exact) mass is 597 g/mol. The van der Waals surface area contributed by atoms with E-state index < -0.39 is 28.5 Å². The summed E-state index contributed by atoms with van der Waals surface area (Å²) in [6.07, 6.45) is 4.98. The molecule has 1 N–H and O–H groups in total. The first kappa shape index (κ1) is 30.4. The number of nitrogens with one attached hydrogen (secondary N) is 1. The summed E-state index contributed by atoms with van der Waals surface area (Å²) in [5.41, 5.74) is 1.98. The van der Waals surface area contributed by atoms with Gasteiger partial charge in [-0.25, -0.2) is 8.42 Å². The fourth-order valence-corrected chi connectivity index (χ4v) is 5.89. The van der Waals surface area contributed by atoms with E-state index in [2.05, 4.69) is 5.32 Å². The highest BCUT2D eigenvalue weighted by atomic mass is 35.5. The molecule has 0 unspecified atom stereocenters. The molecular formula is C31H36ClN3O5S. The zero-order chi connectivity index (χ0) is 29.4. The maximum Gasteiger partial charge on any atom is 0.244 e. The second-order valence-corrected chi connectivity index (χ2v) is 12.6. The number of hydrogen-bond acceptors (Lipinski definition) is 5. The number of carbonyl (C=O) groups excluding carboxylic acids is 2. The summed E-state index contributed by atoms with van der Waals surface area (Å²) >= 11 is 6.39. The van der Waals surface area contributed by atoms with Crippen molar-refractivity contribution in [2.75, 3.05) is 17.1 Å². The third-order valence-electron chi connectivity index (χ3n) is 7.22. The topological polar surface area (TPSA) is 96.0 Å². The van der Waals surface area contributed by atoms with Gasteiger partial charge in [0.2, 0.25) is 21.8 Å². The molecule has 0 aromatic heterocycles. The van der Waals surface area contributed by atoms with Crippen molar-refractivity contribution in [2.24, 2.45) is 0 Å². The molecule has 0 spiro atoms. The van der Waals surface area contributed by atoms with Gasteiger partial charge in [0.05, 0.1) is 11.9 Å². The molecule has 0 heterocycles. The van der Waals surface area contributed by atoms with Crippen LogP contribution in [0.15, 0.2) is 78.9 Å². The maximum absolute atomic E-state index is 13.8. The molecule has 41 heavy (non-hydrogen) atoms. The van der Waals surface area contributed by atoms with Crippen molar-refractivity contribution in [3.63, 3.8) is 0 Å². The number of amides is 2. The van der Waals surface area contributed by atoms with Crippen LogP contribution in [0.1, 0.15) is 43.7 Å². The van der Waals surface area contributed by atoms with Crippen LogP contribution in [0.5, 0.6) is 5.75 Å². The lowest BCUT2D eigenvalue weighted by Crippen LogP contribution is -2.52. The number of sulfonamides is 1. The van der Waals surface area contributed by atoms with Crippen LogP contribution in [0.3, 0.4) is 0 Å². The molecule has 0 aliphatic heterocycles. The average Bonchev–Trinajstić information content (AvgIpc) is 3.47. The van der Waals surface area contributed by atoms with Crippen LogP contribution in [0.25, 0.3) is 0 Å². The highest BCUT2D eigenvalue weighted by molar-refractivity contribution is 7.92. The van der Waals surface area contributed by atoms with Gasteiger partial charge >= 0.3 is 0 Å². The van der Waals surface area contributed by atoms with Crippen LogP contribution in [0.2, 0.25) is 5.02 Å². The van der Waals surface area contributed by atoms with Gasteiger partial charge in [-0.15, -0.1) is 0 Å². The van der Waals surface area contributed by atoms with E-state index in [1.807, 2.05) is 30.3 Å². The van der Waals surface area contributed by atoms with Gasteiger partial charge in [0, 0.05) is 17.6 Å². The normalized spacial score (nSPS) is 14.3. The molecule has 8 nitrogen and oxygen atoms in total. The molecule has 3 aromatic rings. The fraction of sp³-hybridized carbons (Fsp3) is 0.355. The van der Waals surface area contributed by atoms with Crippen LogP contribution < -0.4 is 14.4 Å². The largest absolute Gasteiger partial charge is 0.489 e. The van der Waals surface area contributed by atoms with Gasteiger partial charge in [-0.3, -0.25) is 13.9 Å². The number of hydrogen-bond donors (Lipinski definition) is 1. The van der Waals surface area contributed by atoms with Crippen molar-refractivity contribution in [1.82, 2.24) is 10.2 Å². The van der Waals surface area contributed by atoms with E-state index in [9.17, 15) is 18.0 Å². The molecule has 1 atom stereocenters. The van der Waals surface area contributed by atoms with Gasteiger partial charge in [-0.1, -0.05) is 73.0 Å². The molecular weight excluding hydrogens is 562 g/mol. The summed E-state index contributed by atoms with van der Waals surface area (Å²) in [5.74, 6) is -0.230. The summed E-state index contributed by atoms with van der Waals surface area (Å²) in [6, 6.07) is 22.6. The zero-order valence-electron chi connectivity index (χ0n) is 23.3. The molecule has 0 radical (unpaired) electrons. The van der Waals surface area contributed by atoms with E-state index in [0.717, 1.165) is 41.8 Å². The molecule has 2 amide bonds. The quantitative estimate of drug-likeness (QED) is 0.311. The fourth-order valence-electron chi connectivity index (χ4n) is 4.85. The predicted octanol–water partition coefficient (Wildman–Crippen LogP) is 5.16. The minimum atomic E-state index is -3.84. The Hall–Kier alpha value is -3.56. The summed E-state index contributed by atoms with van der Waals surface area (Å²) in [5, 5.41) is 3.51. The zero-order valence-corrected chi connectivity index (χ0v) is 24.9. The van der Waals surface area contributed by atoms with Gasteiger partial charge in [-0.05, 0) is 61.2 Å². The first-order valence-electron chi connectivity index (χ1n) is 13.7. The maximum atomic E-state index is 13.8. The van der Waals surface area contributed by atoms with E-state index >= 15 is 0 Å². The van der Waals surface area contributed by atoms with E-state index in [4.69, 9.17) is 16.3 Å². The lowest BCUT2D eigenvalue weighted by molar-refractivity contribution is -0.139. The summed E-state index contributed by atoms with van der Waals surface area (Å²) in [7, 11) is -3.84. The minimum absolute atomic E-state index is 0.0572. The summed E-state index contributed by atoms with van der Waals surface area (Å²) < 4.78 is 32.6. The molecule has 1 saturated carbocycles.